The van der Waals surface area contributed by atoms with Crippen LogP contribution in [0.5, 0.6) is 0 Å². The molecule has 0 bridgehead atoms. The molecule has 0 unspecified atom stereocenters. The summed E-state index contributed by atoms with van der Waals surface area (Å²) in [5, 5.41) is 6.64. The summed E-state index contributed by atoms with van der Waals surface area (Å²) in [5.41, 5.74) is 6.05. The molecule has 2 aromatic rings. The second-order valence-corrected chi connectivity index (χ2v) is 2.46. The van der Waals surface area contributed by atoms with Gasteiger partial charge in [-0.25, -0.2) is 0 Å². The molecule has 0 amide bonds. The third kappa shape index (κ3) is 0.911. The number of hydrogen-bond acceptors (Lipinski definition) is 3. The number of pyridine rings is 1. The quantitative estimate of drug-likeness (QED) is 0.595. The molecule has 0 spiro atoms. The fourth-order valence-electron chi connectivity index (χ4n) is 1.11. The number of nitrogens with one attached hydrogen (secondary N) is 1. The topological polar surface area (TPSA) is 76.2 Å². The molecule has 0 fully saturated rings. The lowest BCUT2D eigenvalue weighted by molar-refractivity contribution is 0.882. The second kappa shape index (κ2) is 2.46. The maximum atomic E-state index is 10.9. The molecule has 5 heteroatoms. The van der Waals surface area contributed by atoms with Crippen molar-refractivity contribution in [3.8, 4) is 0 Å². The zero-order valence-corrected chi connectivity index (χ0v) is 6.32. The average molecular weight is 164 g/mol. The highest BCUT2D eigenvalue weighted by atomic mass is 16.1. The van der Waals surface area contributed by atoms with Gasteiger partial charge < -0.3 is 5.73 Å². The molecule has 2 aromatic heterocycles. The van der Waals surface area contributed by atoms with Crippen molar-refractivity contribution in [3.05, 3.63) is 34.4 Å². The molecule has 12 heavy (non-hydrogen) atoms. The lowest BCUT2D eigenvalue weighted by Crippen LogP contribution is -2.04. The van der Waals surface area contributed by atoms with Gasteiger partial charge in [0, 0.05) is 18.3 Å². The molecule has 5 nitrogen and oxygen atoms in total. The zero-order chi connectivity index (χ0) is 8.55. The van der Waals surface area contributed by atoms with E-state index in [4.69, 9.17) is 5.73 Å². The Bertz CT molecular complexity index is 456. The number of aromatic amines is 1. The number of H-pyrrole nitrogens is 1. The summed E-state index contributed by atoms with van der Waals surface area (Å²) in [7, 11) is 0. The predicted molar refractivity (Wildman–Crippen MR) is 43.7 cm³/mol. The molecule has 0 atom stereocenters. The zero-order valence-electron chi connectivity index (χ0n) is 6.32. The Morgan fingerprint density at radius 3 is 3.25 bits per heavy atom. The maximum Gasteiger partial charge on any atom is 0.183 e. The monoisotopic (exact) mass is 164 g/mol. The van der Waals surface area contributed by atoms with E-state index in [0.717, 1.165) is 0 Å². The number of aromatic nitrogens is 3. The molecular weight excluding hydrogens is 156 g/mol. The molecule has 3 N–H and O–H groups in total. The van der Waals surface area contributed by atoms with Crippen molar-refractivity contribution in [1.29, 1.82) is 0 Å². The van der Waals surface area contributed by atoms with Gasteiger partial charge >= 0.3 is 0 Å². The van der Waals surface area contributed by atoms with Gasteiger partial charge in [0.25, 0.3) is 0 Å². The number of nitrogens with zero attached hydrogens (tertiary/aromatic N) is 2. The summed E-state index contributed by atoms with van der Waals surface area (Å²) >= 11 is 0. The molecule has 62 valence electrons. The van der Waals surface area contributed by atoms with Crippen LogP contribution >= 0.6 is 0 Å². The SMILES string of the molecule is NCc1n[nH]c2cc(=O)ccn12. The molecule has 2 heterocycles. The van der Waals surface area contributed by atoms with Crippen LogP contribution in [0.3, 0.4) is 0 Å². The Kier molecular flexibility index (Phi) is 1.44. The van der Waals surface area contributed by atoms with Gasteiger partial charge in [0.2, 0.25) is 0 Å². The Hall–Kier alpha value is -1.62. The first-order valence-electron chi connectivity index (χ1n) is 3.57. The highest BCUT2D eigenvalue weighted by molar-refractivity contribution is 5.36. The first-order chi connectivity index (χ1) is 5.81. The van der Waals surface area contributed by atoms with Gasteiger partial charge in [0.05, 0.1) is 6.54 Å². The Morgan fingerprint density at radius 1 is 1.67 bits per heavy atom. The summed E-state index contributed by atoms with van der Waals surface area (Å²) < 4.78 is 1.75. The van der Waals surface area contributed by atoms with E-state index in [9.17, 15) is 4.79 Å². The van der Waals surface area contributed by atoms with Crippen LogP contribution in [0.15, 0.2) is 23.1 Å². The molecule has 0 saturated heterocycles. The minimum Gasteiger partial charge on any atom is -0.324 e. The Morgan fingerprint density at radius 2 is 2.50 bits per heavy atom. The molecule has 0 radical (unpaired) electrons. The fourth-order valence-corrected chi connectivity index (χ4v) is 1.11. The van der Waals surface area contributed by atoms with Gasteiger partial charge in [-0.05, 0) is 0 Å². The lowest BCUT2D eigenvalue weighted by Gasteiger charge is -1.92. The van der Waals surface area contributed by atoms with E-state index in [2.05, 4.69) is 10.2 Å². The van der Waals surface area contributed by atoms with Crippen molar-refractivity contribution in [1.82, 2.24) is 14.6 Å². The first-order valence-corrected chi connectivity index (χ1v) is 3.57. The molecule has 0 aliphatic rings. The van der Waals surface area contributed by atoms with Crippen LogP contribution in [0.25, 0.3) is 5.65 Å². The lowest BCUT2D eigenvalue weighted by atomic mass is 10.4. The van der Waals surface area contributed by atoms with Crippen LogP contribution in [-0.2, 0) is 6.54 Å². The number of fused-ring (bicyclic) bond motifs is 1. The molecular formula is C7H8N4O. The molecule has 2 rings (SSSR count). The van der Waals surface area contributed by atoms with Crippen LogP contribution in [0.1, 0.15) is 5.82 Å². The summed E-state index contributed by atoms with van der Waals surface area (Å²) in [6.07, 6.45) is 1.66. The van der Waals surface area contributed by atoms with Crippen LogP contribution < -0.4 is 11.2 Å². The van der Waals surface area contributed by atoms with Crippen molar-refractivity contribution in [2.24, 2.45) is 5.73 Å². The summed E-state index contributed by atoms with van der Waals surface area (Å²) in [6, 6.07) is 2.95. The highest BCUT2D eigenvalue weighted by Gasteiger charge is 2.00. The van der Waals surface area contributed by atoms with Crippen LogP contribution in [-0.4, -0.2) is 14.6 Å². The smallest absolute Gasteiger partial charge is 0.183 e. The third-order valence-electron chi connectivity index (χ3n) is 1.69. The summed E-state index contributed by atoms with van der Waals surface area (Å²) in [4.78, 5) is 10.9. The highest BCUT2D eigenvalue weighted by Crippen LogP contribution is 1.98. The van der Waals surface area contributed by atoms with Crippen LogP contribution in [0.4, 0.5) is 0 Å². The van der Waals surface area contributed by atoms with Crippen molar-refractivity contribution in [2.75, 3.05) is 0 Å². The number of rotatable bonds is 1. The van der Waals surface area contributed by atoms with Crippen molar-refractivity contribution in [3.63, 3.8) is 0 Å². The largest absolute Gasteiger partial charge is 0.324 e. The standard InChI is InChI=1S/C7H8N4O/c8-4-7-10-9-6-3-5(12)1-2-11(6)7/h1-3,9H,4,8H2. The predicted octanol–water partition coefficient (Wildman–Crippen LogP) is -0.519. The first kappa shape index (κ1) is 7.05. The fraction of sp³-hybridized carbons (Fsp3) is 0.143. The second-order valence-electron chi connectivity index (χ2n) is 2.46. The van der Waals surface area contributed by atoms with Gasteiger partial charge in [0.15, 0.2) is 5.43 Å². The van der Waals surface area contributed by atoms with Crippen molar-refractivity contribution < 1.29 is 0 Å². The van der Waals surface area contributed by atoms with Gasteiger partial charge in [-0.1, -0.05) is 0 Å². The van der Waals surface area contributed by atoms with E-state index >= 15 is 0 Å². The van der Waals surface area contributed by atoms with E-state index in [1.54, 1.807) is 10.6 Å². The van der Waals surface area contributed by atoms with Gasteiger partial charge in [0.1, 0.15) is 11.5 Å². The van der Waals surface area contributed by atoms with E-state index in [-0.39, 0.29) is 5.43 Å². The van der Waals surface area contributed by atoms with Crippen molar-refractivity contribution >= 4 is 5.65 Å². The van der Waals surface area contributed by atoms with Gasteiger partial charge in [-0.2, -0.15) is 5.10 Å². The minimum atomic E-state index is -0.0396. The average Bonchev–Trinajstić information content (AvgIpc) is 2.46. The molecule has 0 aliphatic heterocycles. The van der Waals surface area contributed by atoms with E-state index in [1.165, 1.54) is 12.1 Å². The summed E-state index contributed by atoms with van der Waals surface area (Å²) in [6.45, 7) is 0.350. The van der Waals surface area contributed by atoms with E-state index < -0.39 is 0 Å². The van der Waals surface area contributed by atoms with Crippen LogP contribution in [0.2, 0.25) is 0 Å². The number of nitrogens with two attached hydrogens (primary N) is 1. The number of hydrogen-bond donors (Lipinski definition) is 2. The van der Waals surface area contributed by atoms with Gasteiger partial charge in [-0.3, -0.25) is 14.3 Å². The maximum absolute atomic E-state index is 10.9. The van der Waals surface area contributed by atoms with Gasteiger partial charge in [-0.15, -0.1) is 0 Å². The molecule has 0 aromatic carbocycles. The molecule has 0 aliphatic carbocycles. The van der Waals surface area contributed by atoms with Crippen LogP contribution in [0, 0.1) is 0 Å². The molecule has 0 saturated carbocycles. The minimum absolute atomic E-state index is 0.0396. The normalized spacial score (nSPS) is 10.8. The Labute approximate surface area is 67.8 Å². The van der Waals surface area contributed by atoms with E-state index in [1.807, 2.05) is 0 Å². The third-order valence-corrected chi connectivity index (χ3v) is 1.69. The Balaban J connectivity index is 2.81. The van der Waals surface area contributed by atoms with E-state index in [0.29, 0.717) is 18.0 Å². The van der Waals surface area contributed by atoms with Crippen molar-refractivity contribution in [2.45, 2.75) is 6.54 Å². The summed E-state index contributed by atoms with van der Waals surface area (Å²) in [5.74, 6) is 0.713.